The monoisotopic (exact) mass is 373 g/mol. The van der Waals surface area contributed by atoms with Gasteiger partial charge in [-0.1, -0.05) is 6.92 Å². The quantitative estimate of drug-likeness (QED) is 0.891. The molecule has 0 aliphatic carbocycles. The van der Waals surface area contributed by atoms with E-state index in [1.807, 2.05) is 11.0 Å². The second kappa shape index (κ2) is 7.88. The van der Waals surface area contributed by atoms with Gasteiger partial charge < -0.3 is 15.1 Å². The second-order valence-corrected chi connectivity index (χ2v) is 8.39. The van der Waals surface area contributed by atoms with Crippen molar-refractivity contribution in [1.82, 2.24) is 20.2 Å². The smallest absolute Gasteiger partial charge is 0.222 e. The molecule has 140 valence electrons. The lowest BCUT2D eigenvalue weighted by Crippen LogP contribution is -2.49. The maximum absolute atomic E-state index is 12.7. The zero-order chi connectivity index (χ0) is 17.9. The summed E-state index contributed by atoms with van der Waals surface area (Å²) in [6.45, 7) is 7.70. The number of hydrogen-bond acceptors (Lipinski definition) is 6. The zero-order valence-corrected chi connectivity index (χ0v) is 16.2. The lowest BCUT2D eigenvalue weighted by atomic mass is 9.84. The number of piperidine rings is 1. The van der Waals surface area contributed by atoms with Gasteiger partial charge in [0.2, 0.25) is 5.91 Å². The molecule has 6 nitrogen and oxygen atoms in total. The SMILES string of the molecule is CC(CC(=O)N1CCN(c2ncnc3ccsc23)CC1)C1CCNCC1. The number of nitrogens with zero attached hydrogens (tertiary/aromatic N) is 4. The fourth-order valence-corrected chi connectivity index (χ4v) is 5.02. The Morgan fingerprint density at radius 2 is 2.04 bits per heavy atom. The summed E-state index contributed by atoms with van der Waals surface area (Å²) in [5.74, 6) is 2.50. The Morgan fingerprint density at radius 3 is 2.81 bits per heavy atom. The molecular weight excluding hydrogens is 346 g/mol. The number of nitrogens with one attached hydrogen (secondary N) is 1. The standard InChI is InChI=1S/C19H27N5OS/c1-14(15-2-5-20-6-3-15)12-17(25)23-7-9-24(10-8-23)19-18-16(4-11-26-18)21-13-22-19/h4,11,13-15,20H,2-3,5-10,12H2,1H3. The number of piperazine rings is 1. The molecule has 2 saturated heterocycles. The number of thiophene rings is 1. The summed E-state index contributed by atoms with van der Waals surface area (Å²) in [5, 5.41) is 5.47. The third kappa shape index (κ3) is 3.69. The molecule has 1 atom stereocenters. The number of anilines is 1. The molecule has 2 fully saturated rings. The van der Waals surface area contributed by atoms with Gasteiger partial charge in [0, 0.05) is 32.6 Å². The molecule has 0 saturated carbocycles. The van der Waals surface area contributed by atoms with Gasteiger partial charge in [-0.15, -0.1) is 11.3 Å². The van der Waals surface area contributed by atoms with Gasteiger partial charge in [-0.05, 0) is 49.2 Å². The van der Waals surface area contributed by atoms with Crippen LogP contribution in [0.5, 0.6) is 0 Å². The van der Waals surface area contributed by atoms with Crippen LogP contribution in [0.25, 0.3) is 10.2 Å². The molecule has 0 bridgehead atoms. The van der Waals surface area contributed by atoms with Gasteiger partial charge in [0.25, 0.3) is 0 Å². The summed E-state index contributed by atoms with van der Waals surface area (Å²) in [4.78, 5) is 25.9. The fourth-order valence-electron chi connectivity index (χ4n) is 4.15. The molecule has 1 amide bonds. The number of rotatable bonds is 4. The normalized spacial score (nSPS) is 20.5. The van der Waals surface area contributed by atoms with Crippen LogP contribution in [0.3, 0.4) is 0 Å². The number of amides is 1. The Bertz CT molecular complexity index is 749. The van der Waals surface area contributed by atoms with E-state index in [2.05, 4.69) is 32.5 Å². The van der Waals surface area contributed by atoms with Crippen LogP contribution in [0.2, 0.25) is 0 Å². The van der Waals surface area contributed by atoms with Gasteiger partial charge >= 0.3 is 0 Å². The molecule has 0 aromatic carbocycles. The van der Waals surface area contributed by atoms with Gasteiger partial charge in [-0.3, -0.25) is 4.79 Å². The van der Waals surface area contributed by atoms with Crippen molar-refractivity contribution in [3.05, 3.63) is 17.8 Å². The molecule has 0 spiro atoms. The summed E-state index contributed by atoms with van der Waals surface area (Å²) in [6, 6.07) is 2.03. The van der Waals surface area contributed by atoms with Crippen LogP contribution in [-0.2, 0) is 4.79 Å². The largest absolute Gasteiger partial charge is 0.352 e. The van der Waals surface area contributed by atoms with E-state index in [0.717, 1.165) is 55.3 Å². The highest BCUT2D eigenvalue weighted by Crippen LogP contribution is 2.29. The fraction of sp³-hybridized carbons (Fsp3) is 0.632. The first kappa shape index (κ1) is 17.7. The molecule has 4 heterocycles. The second-order valence-electron chi connectivity index (χ2n) is 7.47. The highest BCUT2D eigenvalue weighted by Gasteiger charge is 2.27. The Hall–Kier alpha value is -1.73. The Morgan fingerprint density at radius 1 is 1.27 bits per heavy atom. The average Bonchev–Trinajstić information content (AvgIpc) is 3.17. The lowest BCUT2D eigenvalue weighted by Gasteiger charge is -2.36. The zero-order valence-electron chi connectivity index (χ0n) is 15.4. The highest BCUT2D eigenvalue weighted by atomic mass is 32.1. The van der Waals surface area contributed by atoms with Crippen LogP contribution in [0.1, 0.15) is 26.2 Å². The first-order chi connectivity index (χ1) is 12.7. The van der Waals surface area contributed by atoms with E-state index in [0.29, 0.717) is 24.2 Å². The molecule has 0 radical (unpaired) electrons. The first-order valence-electron chi connectivity index (χ1n) is 9.64. The molecule has 2 aliphatic rings. The van der Waals surface area contributed by atoms with E-state index < -0.39 is 0 Å². The number of hydrogen-bond donors (Lipinski definition) is 1. The molecule has 4 rings (SSSR count). The minimum Gasteiger partial charge on any atom is -0.352 e. The van der Waals surface area contributed by atoms with Crippen LogP contribution in [0.4, 0.5) is 5.82 Å². The van der Waals surface area contributed by atoms with Gasteiger partial charge in [0.15, 0.2) is 0 Å². The number of carbonyl (C=O) groups is 1. The maximum Gasteiger partial charge on any atom is 0.222 e. The number of fused-ring (bicyclic) bond motifs is 1. The molecule has 1 unspecified atom stereocenters. The summed E-state index contributed by atoms with van der Waals surface area (Å²) in [7, 11) is 0. The molecular formula is C19H27N5OS. The van der Waals surface area contributed by atoms with E-state index in [1.165, 1.54) is 12.8 Å². The first-order valence-corrected chi connectivity index (χ1v) is 10.5. The lowest BCUT2D eigenvalue weighted by molar-refractivity contribution is -0.132. The van der Waals surface area contributed by atoms with Gasteiger partial charge in [-0.25, -0.2) is 9.97 Å². The van der Waals surface area contributed by atoms with E-state index in [-0.39, 0.29) is 0 Å². The van der Waals surface area contributed by atoms with Crippen molar-refractivity contribution in [3.8, 4) is 0 Å². The third-order valence-corrected chi connectivity index (χ3v) is 6.74. The van der Waals surface area contributed by atoms with Crippen LogP contribution in [0.15, 0.2) is 17.8 Å². The van der Waals surface area contributed by atoms with E-state index in [9.17, 15) is 4.79 Å². The van der Waals surface area contributed by atoms with Crippen molar-refractivity contribution in [3.63, 3.8) is 0 Å². The van der Waals surface area contributed by atoms with Crippen molar-refractivity contribution in [1.29, 1.82) is 0 Å². The molecule has 7 heteroatoms. The predicted octanol–water partition coefficient (Wildman–Crippen LogP) is 2.37. The summed E-state index contributed by atoms with van der Waals surface area (Å²) >= 11 is 1.69. The van der Waals surface area contributed by atoms with Gasteiger partial charge in [-0.2, -0.15) is 0 Å². The van der Waals surface area contributed by atoms with Crippen molar-refractivity contribution >= 4 is 33.3 Å². The average molecular weight is 374 g/mol. The van der Waals surface area contributed by atoms with Crippen molar-refractivity contribution in [2.75, 3.05) is 44.2 Å². The molecule has 1 N–H and O–H groups in total. The van der Waals surface area contributed by atoms with Crippen LogP contribution >= 0.6 is 11.3 Å². The molecule has 26 heavy (non-hydrogen) atoms. The van der Waals surface area contributed by atoms with Gasteiger partial charge in [0.05, 0.1) is 10.2 Å². The predicted molar refractivity (Wildman–Crippen MR) is 106 cm³/mol. The van der Waals surface area contributed by atoms with Gasteiger partial charge in [0.1, 0.15) is 12.1 Å². The topological polar surface area (TPSA) is 61.4 Å². The van der Waals surface area contributed by atoms with Crippen LogP contribution in [-0.4, -0.2) is 60.0 Å². The molecule has 2 aliphatic heterocycles. The molecule has 2 aromatic rings. The van der Waals surface area contributed by atoms with Crippen molar-refractivity contribution in [2.24, 2.45) is 11.8 Å². The Labute approximate surface area is 158 Å². The van der Waals surface area contributed by atoms with Crippen molar-refractivity contribution < 1.29 is 4.79 Å². The van der Waals surface area contributed by atoms with Crippen molar-refractivity contribution in [2.45, 2.75) is 26.2 Å². The van der Waals surface area contributed by atoms with Crippen LogP contribution in [0, 0.1) is 11.8 Å². The number of carbonyl (C=O) groups excluding carboxylic acids is 1. The minimum atomic E-state index is 0.319. The Kier molecular flexibility index (Phi) is 5.36. The summed E-state index contributed by atoms with van der Waals surface area (Å²) in [6.07, 6.45) is 4.73. The van der Waals surface area contributed by atoms with E-state index in [4.69, 9.17) is 0 Å². The third-order valence-electron chi connectivity index (χ3n) is 5.84. The Balaban J connectivity index is 1.33. The van der Waals surface area contributed by atoms with E-state index in [1.54, 1.807) is 17.7 Å². The van der Waals surface area contributed by atoms with Crippen LogP contribution < -0.4 is 10.2 Å². The highest BCUT2D eigenvalue weighted by molar-refractivity contribution is 7.17. The minimum absolute atomic E-state index is 0.319. The van der Waals surface area contributed by atoms with E-state index >= 15 is 0 Å². The molecule has 2 aromatic heterocycles. The number of aromatic nitrogens is 2. The summed E-state index contributed by atoms with van der Waals surface area (Å²) < 4.78 is 1.15. The maximum atomic E-state index is 12.7. The summed E-state index contributed by atoms with van der Waals surface area (Å²) in [5.41, 5.74) is 1.01.